The maximum Gasteiger partial charge on any atom is 0.420 e. The topological polar surface area (TPSA) is 103 Å². The Balaban J connectivity index is 1.53. The van der Waals surface area contributed by atoms with Crippen molar-refractivity contribution in [1.82, 2.24) is 14.8 Å². The summed E-state index contributed by atoms with van der Waals surface area (Å²) < 4.78 is 12.5. The number of para-hydroxylation sites is 2. The molecule has 0 aliphatic carbocycles. The van der Waals surface area contributed by atoms with Gasteiger partial charge < -0.3 is 8.83 Å². The minimum atomic E-state index is -0.632. The molecule has 0 aliphatic heterocycles. The number of anilines is 1. The number of amides is 1. The summed E-state index contributed by atoms with van der Waals surface area (Å²) in [6, 6.07) is 8.27. The third-order valence-electron chi connectivity index (χ3n) is 3.43. The van der Waals surface area contributed by atoms with E-state index >= 15 is 0 Å². The van der Waals surface area contributed by atoms with Gasteiger partial charge in [-0.2, -0.15) is 0 Å². The van der Waals surface area contributed by atoms with Gasteiger partial charge in [-0.25, -0.2) is 4.79 Å². The highest BCUT2D eigenvalue weighted by molar-refractivity contribution is 7.20. The van der Waals surface area contributed by atoms with Crippen LogP contribution >= 0.6 is 34.5 Å². The Morgan fingerprint density at radius 3 is 2.81 bits per heavy atom. The van der Waals surface area contributed by atoms with Gasteiger partial charge in [-0.1, -0.05) is 40.4 Å². The number of nitrogens with zero attached hydrogens (tertiary/aromatic N) is 3. The molecule has 26 heavy (non-hydrogen) atoms. The molecule has 132 valence electrons. The van der Waals surface area contributed by atoms with Crippen LogP contribution in [0, 0.1) is 0 Å². The molecule has 1 N–H and O–H groups in total. The zero-order chi connectivity index (χ0) is 18.3. The van der Waals surface area contributed by atoms with Crippen LogP contribution in [-0.2, 0) is 11.3 Å². The van der Waals surface area contributed by atoms with Gasteiger partial charge in [0.05, 0.1) is 15.4 Å². The first-order chi connectivity index (χ1) is 12.5. The van der Waals surface area contributed by atoms with Crippen molar-refractivity contribution in [3.05, 3.63) is 49.6 Å². The van der Waals surface area contributed by atoms with Crippen LogP contribution in [0.15, 0.2) is 44.0 Å². The molecule has 0 unspecified atom stereocenters. The summed E-state index contributed by atoms with van der Waals surface area (Å²) in [5.74, 6) is -1.03. The van der Waals surface area contributed by atoms with Gasteiger partial charge in [0, 0.05) is 0 Å². The maximum atomic E-state index is 12.2. The average molecular weight is 411 g/mol. The molecule has 4 aromatic rings. The predicted molar refractivity (Wildman–Crippen MR) is 96.7 cm³/mol. The number of thiophene rings is 1. The second-order valence-electron chi connectivity index (χ2n) is 5.12. The normalized spacial score (nSPS) is 11.2. The van der Waals surface area contributed by atoms with Crippen LogP contribution < -0.4 is 11.1 Å². The summed E-state index contributed by atoms with van der Waals surface area (Å²) in [7, 11) is 0. The smallest absolute Gasteiger partial charge is 0.408 e. The first-order valence-electron chi connectivity index (χ1n) is 7.18. The number of carbonyl (C=O) groups is 1. The number of fused-ring (bicyclic) bond motifs is 1. The molecule has 0 aliphatic rings. The molecule has 3 heterocycles. The van der Waals surface area contributed by atoms with Gasteiger partial charge in [0.25, 0.3) is 5.89 Å². The van der Waals surface area contributed by atoms with Crippen molar-refractivity contribution >= 4 is 57.6 Å². The fourth-order valence-corrected chi connectivity index (χ4v) is 3.78. The molecule has 1 amide bonds. The van der Waals surface area contributed by atoms with Crippen molar-refractivity contribution in [2.75, 3.05) is 5.32 Å². The Morgan fingerprint density at radius 1 is 1.23 bits per heavy atom. The lowest BCUT2D eigenvalue weighted by Crippen LogP contribution is -2.24. The van der Waals surface area contributed by atoms with Gasteiger partial charge in [0.2, 0.25) is 5.91 Å². The predicted octanol–water partition coefficient (Wildman–Crippen LogP) is 3.65. The third-order valence-corrected chi connectivity index (χ3v) is 4.92. The highest BCUT2D eigenvalue weighted by atomic mass is 35.5. The lowest BCUT2D eigenvalue weighted by Gasteiger charge is -2.01. The first kappa shape index (κ1) is 16.8. The van der Waals surface area contributed by atoms with E-state index in [0.29, 0.717) is 25.3 Å². The number of halogens is 2. The fraction of sp³-hybridized carbons (Fsp3) is 0.0667. The van der Waals surface area contributed by atoms with E-state index in [2.05, 4.69) is 15.5 Å². The van der Waals surface area contributed by atoms with Crippen molar-refractivity contribution in [3.8, 4) is 11.5 Å². The van der Waals surface area contributed by atoms with Gasteiger partial charge in [-0.05, 0) is 18.2 Å². The summed E-state index contributed by atoms with van der Waals surface area (Å²) in [4.78, 5) is 24.1. The number of rotatable bonds is 4. The van der Waals surface area contributed by atoms with E-state index in [1.54, 1.807) is 30.3 Å². The number of oxazole rings is 1. The van der Waals surface area contributed by atoms with Crippen LogP contribution in [0.4, 0.5) is 6.01 Å². The van der Waals surface area contributed by atoms with Crippen molar-refractivity contribution in [1.29, 1.82) is 0 Å². The summed E-state index contributed by atoms with van der Waals surface area (Å²) in [5.41, 5.74) is 1.39. The highest BCUT2D eigenvalue weighted by Gasteiger charge is 2.18. The van der Waals surface area contributed by atoms with Crippen LogP contribution in [-0.4, -0.2) is 20.7 Å². The molecular weight excluding hydrogens is 403 g/mol. The largest absolute Gasteiger partial charge is 0.420 e. The van der Waals surface area contributed by atoms with Crippen molar-refractivity contribution in [2.45, 2.75) is 6.54 Å². The van der Waals surface area contributed by atoms with Gasteiger partial charge in [-0.3, -0.25) is 14.7 Å². The zero-order valence-corrected chi connectivity index (χ0v) is 15.1. The molecule has 3 aromatic heterocycles. The van der Waals surface area contributed by atoms with Crippen LogP contribution in [0.2, 0.25) is 8.67 Å². The summed E-state index contributed by atoms with van der Waals surface area (Å²) in [6.07, 6.45) is 0. The molecular formula is C15H8Cl2N4O4S. The second kappa shape index (κ2) is 6.60. The lowest BCUT2D eigenvalue weighted by atomic mass is 10.3. The number of hydrogen-bond donors (Lipinski definition) is 1. The molecule has 1 aromatic carbocycles. The van der Waals surface area contributed by atoms with E-state index in [1.165, 1.54) is 4.57 Å². The Morgan fingerprint density at radius 2 is 2.04 bits per heavy atom. The zero-order valence-electron chi connectivity index (χ0n) is 12.7. The van der Waals surface area contributed by atoms with E-state index < -0.39 is 11.7 Å². The molecule has 0 saturated heterocycles. The van der Waals surface area contributed by atoms with Crippen LogP contribution in [0.1, 0.15) is 0 Å². The van der Waals surface area contributed by atoms with E-state index in [4.69, 9.17) is 32.0 Å². The molecule has 0 bridgehead atoms. The molecule has 0 saturated carbocycles. The number of carbonyl (C=O) groups excluding carboxylic acids is 1. The number of aromatic nitrogens is 3. The van der Waals surface area contributed by atoms with Gasteiger partial charge in [0.1, 0.15) is 10.9 Å². The van der Waals surface area contributed by atoms with Crippen molar-refractivity contribution in [3.63, 3.8) is 0 Å². The Kier molecular flexibility index (Phi) is 4.27. The standard InChI is InChI=1S/C15H8Cl2N4O4S/c16-10-5-7(12(17)26-10)13-19-20-14(25-13)18-11(22)6-21-8-3-1-2-4-9(8)24-15(21)23/h1-5H,6H2,(H,18,20,22). The second-order valence-corrected chi connectivity index (χ2v) is 7.41. The van der Waals surface area contributed by atoms with Crippen LogP contribution in [0.3, 0.4) is 0 Å². The fourth-order valence-electron chi connectivity index (χ4n) is 2.33. The summed E-state index contributed by atoms with van der Waals surface area (Å²) in [5, 5.41) is 10.00. The molecule has 8 nitrogen and oxygen atoms in total. The average Bonchev–Trinajstić information content (AvgIpc) is 3.26. The monoisotopic (exact) mass is 410 g/mol. The summed E-state index contributed by atoms with van der Waals surface area (Å²) >= 11 is 13.1. The van der Waals surface area contributed by atoms with Gasteiger partial charge in [0.15, 0.2) is 5.58 Å². The van der Waals surface area contributed by atoms with E-state index in [1.807, 2.05) is 0 Å². The van der Waals surface area contributed by atoms with Gasteiger partial charge >= 0.3 is 11.8 Å². The SMILES string of the molecule is O=C(Cn1c(=O)oc2ccccc21)Nc1nnc(-c2cc(Cl)sc2Cl)o1. The minimum absolute atomic E-state index is 0.121. The molecule has 0 spiro atoms. The van der Waals surface area contributed by atoms with E-state index in [-0.39, 0.29) is 18.5 Å². The third kappa shape index (κ3) is 3.12. The molecule has 0 fully saturated rings. The summed E-state index contributed by atoms with van der Waals surface area (Å²) in [6.45, 7) is -0.265. The first-order valence-corrected chi connectivity index (χ1v) is 8.75. The van der Waals surface area contributed by atoms with E-state index in [9.17, 15) is 9.59 Å². The number of nitrogens with one attached hydrogen (secondary N) is 1. The number of benzene rings is 1. The van der Waals surface area contributed by atoms with Crippen LogP contribution in [0.5, 0.6) is 0 Å². The van der Waals surface area contributed by atoms with Crippen molar-refractivity contribution < 1.29 is 13.6 Å². The number of hydrogen-bond acceptors (Lipinski definition) is 7. The maximum absolute atomic E-state index is 12.2. The Bertz CT molecular complexity index is 1180. The molecule has 4 rings (SSSR count). The quantitative estimate of drug-likeness (QED) is 0.550. The van der Waals surface area contributed by atoms with Gasteiger partial charge in [-0.15, -0.1) is 16.4 Å². The van der Waals surface area contributed by atoms with E-state index in [0.717, 1.165) is 11.3 Å². The molecule has 11 heteroatoms. The van der Waals surface area contributed by atoms with Crippen molar-refractivity contribution in [2.24, 2.45) is 0 Å². The molecule has 0 radical (unpaired) electrons. The molecule has 0 atom stereocenters. The lowest BCUT2D eigenvalue weighted by molar-refractivity contribution is -0.116. The minimum Gasteiger partial charge on any atom is -0.408 e. The van der Waals surface area contributed by atoms with Crippen LogP contribution in [0.25, 0.3) is 22.6 Å². The Labute approximate surface area is 159 Å². The Hall–Kier alpha value is -2.62. The highest BCUT2D eigenvalue weighted by Crippen LogP contribution is 2.37.